The Kier molecular flexibility index (Phi) is 15.5. The second kappa shape index (κ2) is 20.8. The molecule has 5 heterocycles. The maximum Gasteiger partial charge on any atom is 0.326 e. The van der Waals surface area contributed by atoms with Crippen LogP contribution in [-0.4, -0.2) is 92.2 Å². The summed E-state index contributed by atoms with van der Waals surface area (Å²) in [6.45, 7) is 14.5. The zero-order valence-corrected chi connectivity index (χ0v) is 42.0. The van der Waals surface area contributed by atoms with Gasteiger partial charge in [-0.05, 0) is 127 Å². The number of hydrogen-bond acceptors (Lipinski definition) is 14. The summed E-state index contributed by atoms with van der Waals surface area (Å²) in [6.07, 6.45) is 4.85. The molecule has 3 aliphatic heterocycles. The lowest BCUT2D eigenvalue weighted by Crippen LogP contribution is -2.44. The van der Waals surface area contributed by atoms with E-state index in [9.17, 15) is 49.0 Å². The Morgan fingerprint density at radius 3 is 1.93 bits per heavy atom. The molecule has 0 radical (unpaired) electrons. The van der Waals surface area contributed by atoms with Crippen LogP contribution < -0.4 is 26.4 Å². The number of ether oxygens (including phenoxy) is 2. The maximum atomic E-state index is 13.0. The second-order valence-corrected chi connectivity index (χ2v) is 18.9. The lowest BCUT2D eigenvalue weighted by atomic mass is 9.85. The average molecular weight is 1040 g/mol. The summed E-state index contributed by atoms with van der Waals surface area (Å²) in [4.78, 5) is 97.5. The molecule has 0 unspecified atom stereocenters. The fourth-order valence-corrected chi connectivity index (χ4v) is 9.03. The third-order valence-corrected chi connectivity index (χ3v) is 13.2. The number of rotatable bonds is 9. The number of esters is 2. The number of hydrogen-bond donors (Lipinski definition) is 5. The lowest BCUT2D eigenvalue weighted by molar-refractivity contribution is -0.385. The van der Waals surface area contributed by atoms with E-state index in [-0.39, 0.29) is 54.8 Å². The monoisotopic (exact) mass is 1040 g/mol. The maximum absolute atomic E-state index is 13.0. The first-order valence-corrected chi connectivity index (χ1v) is 23.7. The minimum absolute atomic E-state index is 0.0123. The Balaban J connectivity index is 0.000000170. The number of amides is 4. The Morgan fingerprint density at radius 1 is 0.775 bits per heavy atom. The number of nitro benzene ring substituents is 2. The molecule has 0 atom stereocenters. The van der Waals surface area contributed by atoms with Gasteiger partial charge < -0.3 is 29.6 Å². The van der Waals surface area contributed by atoms with Crippen molar-refractivity contribution in [2.45, 2.75) is 90.9 Å². The number of nitrogens with one attached hydrogen (secondary N) is 4. The van der Waals surface area contributed by atoms with Crippen LogP contribution in [0.3, 0.4) is 0 Å². The number of hydrazine groups is 1. The van der Waals surface area contributed by atoms with Crippen molar-refractivity contribution in [1.29, 1.82) is 0 Å². The molecular formula is C48H55BrN10O12. The quantitative estimate of drug-likeness (QED) is 0.0274. The normalized spacial score (nSPS) is 15.9. The Bertz CT molecular complexity index is 2980. The van der Waals surface area contributed by atoms with E-state index in [1.807, 2.05) is 32.2 Å². The van der Waals surface area contributed by atoms with Crippen LogP contribution in [0.2, 0.25) is 0 Å². The Hall–Kier alpha value is -7.53. The summed E-state index contributed by atoms with van der Waals surface area (Å²) < 4.78 is 9.36. The van der Waals surface area contributed by atoms with Gasteiger partial charge in [0.15, 0.2) is 0 Å². The molecule has 0 bridgehead atoms. The van der Waals surface area contributed by atoms with E-state index in [2.05, 4.69) is 46.6 Å². The van der Waals surface area contributed by atoms with E-state index in [4.69, 9.17) is 10.6 Å². The number of H-pyrrole nitrogens is 2. The number of alkyl halides is 1. The minimum Gasteiger partial charge on any atom is -0.465 e. The number of nitrogens with zero attached hydrogens (tertiary/aromatic N) is 5. The van der Waals surface area contributed by atoms with Gasteiger partial charge in [0.05, 0.1) is 56.9 Å². The summed E-state index contributed by atoms with van der Waals surface area (Å²) in [6, 6.07) is 12.7. The third-order valence-electron chi connectivity index (χ3n) is 12.7. The van der Waals surface area contributed by atoms with Gasteiger partial charge in [0.2, 0.25) is 17.7 Å². The van der Waals surface area contributed by atoms with Crippen molar-refractivity contribution in [2.75, 3.05) is 46.7 Å². The molecule has 6 N–H and O–H groups in total. The molecule has 0 spiro atoms. The summed E-state index contributed by atoms with van der Waals surface area (Å²) >= 11 is 2.94. The van der Waals surface area contributed by atoms with E-state index in [0.29, 0.717) is 34.4 Å². The van der Waals surface area contributed by atoms with Crippen LogP contribution in [0.4, 0.5) is 28.4 Å². The fourth-order valence-electron chi connectivity index (χ4n) is 8.86. The number of aromatic nitrogens is 3. The van der Waals surface area contributed by atoms with Gasteiger partial charge in [0, 0.05) is 52.2 Å². The number of carbonyl (C=O) groups is 6. The molecule has 71 heavy (non-hydrogen) atoms. The summed E-state index contributed by atoms with van der Waals surface area (Å²) in [7, 11) is 0. The number of benzene rings is 3. The van der Waals surface area contributed by atoms with Gasteiger partial charge in [-0.3, -0.25) is 59.5 Å². The minimum atomic E-state index is -0.909. The van der Waals surface area contributed by atoms with Gasteiger partial charge in [-0.2, -0.15) is 5.10 Å². The highest BCUT2D eigenvalue weighted by Gasteiger charge is 2.47. The van der Waals surface area contributed by atoms with Crippen LogP contribution >= 0.6 is 15.9 Å². The number of fused-ring (bicyclic) bond motifs is 8. The smallest absolute Gasteiger partial charge is 0.326 e. The molecular weight excluding hydrogens is 988 g/mol. The number of anilines is 3. The number of nitro groups is 2. The zero-order chi connectivity index (χ0) is 52.3. The van der Waals surface area contributed by atoms with E-state index < -0.39 is 38.0 Å². The van der Waals surface area contributed by atoms with E-state index in [0.717, 1.165) is 52.8 Å². The average Bonchev–Trinajstić information content (AvgIpc) is 4.05. The Labute approximate surface area is 415 Å². The zero-order valence-electron chi connectivity index (χ0n) is 40.4. The van der Waals surface area contributed by atoms with Gasteiger partial charge >= 0.3 is 11.9 Å². The predicted molar refractivity (Wildman–Crippen MR) is 266 cm³/mol. The van der Waals surface area contributed by atoms with Crippen molar-refractivity contribution in [1.82, 2.24) is 20.6 Å². The van der Waals surface area contributed by atoms with Crippen molar-refractivity contribution in [3.8, 4) is 11.4 Å². The number of non-ortho nitro benzene ring substituents is 2. The molecule has 4 aliphatic rings. The van der Waals surface area contributed by atoms with Crippen LogP contribution in [0, 0.1) is 20.2 Å². The van der Waals surface area contributed by atoms with Crippen molar-refractivity contribution in [3.63, 3.8) is 0 Å². The number of aromatic amines is 2. The molecule has 0 saturated carbocycles. The number of halogens is 1. The van der Waals surface area contributed by atoms with Gasteiger partial charge in [-0.25, -0.2) is 5.84 Å². The highest BCUT2D eigenvalue weighted by atomic mass is 79.9. The van der Waals surface area contributed by atoms with E-state index in [1.165, 1.54) is 51.3 Å². The van der Waals surface area contributed by atoms with Crippen LogP contribution in [0.15, 0.2) is 54.7 Å². The summed E-state index contributed by atoms with van der Waals surface area (Å²) in [5, 5.41) is 32.9. The van der Waals surface area contributed by atoms with Gasteiger partial charge in [0.25, 0.3) is 17.3 Å². The Morgan fingerprint density at radius 2 is 1.35 bits per heavy atom. The molecule has 2 aromatic heterocycles. The van der Waals surface area contributed by atoms with Crippen molar-refractivity contribution in [3.05, 3.63) is 103 Å². The molecule has 376 valence electrons. The molecule has 22 nitrogen and oxygen atoms in total. The first kappa shape index (κ1) is 52.8. The summed E-state index contributed by atoms with van der Waals surface area (Å²) in [5.41, 5.74) is 9.39. The van der Waals surface area contributed by atoms with Crippen molar-refractivity contribution in [2.24, 2.45) is 5.84 Å². The molecule has 5 aromatic rings. The first-order valence-electron chi connectivity index (χ1n) is 22.6. The van der Waals surface area contributed by atoms with E-state index >= 15 is 0 Å². The SMILES string of the molecule is CC1(C)C(=O)N(CC(=O)NN)c2cc3c4c([nH]c3cc21)-c1[nH]ncc1CCC4.CC1(C)C(=O)Nc2ccc([N+](=O)[O-])cc21.CCOC(=O)CBr.CCOC(=O)CN1C(=O)C(C)(C)c2cc([N+](=O)[O-])ccc21. The molecule has 4 amide bonds. The van der Waals surface area contributed by atoms with E-state index in [1.54, 1.807) is 47.6 Å². The van der Waals surface area contributed by atoms with Crippen LogP contribution in [0.5, 0.6) is 0 Å². The highest BCUT2D eigenvalue weighted by molar-refractivity contribution is 9.09. The topological polar surface area (TPSA) is 308 Å². The fraction of sp³-hybridized carbons (Fsp3) is 0.396. The number of nitrogens with two attached hydrogens (primary N) is 1. The highest BCUT2D eigenvalue weighted by Crippen LogP contribution is 2.47. The molecule has 23 heteroatoms. The van der Waals surface area contributed by atoms with Gasteiger partial charge in [0.1, 0.15) is 18.4 Å². The predicted octanol–water partition coefficient (Wildman–Crippen LogP) is 6.21. The number of aryl methyl sites for hydroxylation is 2. The molecule has 0 saturated heterocycles. The van der Waals surface area contributed by atoms with Crippen molar-refractivity contribution < 1.29 is 48.1 Å². The molecule has 0 fully saturated rings. The van der Waals surface area contributed by atoms with Crippen molar-refractivity contribution >= 4 is 90.8 Å². The number of carbonyl (C=O) groups excluding carboxylic acids is 6. The first-order chi connectivity index (χ1) is 33.4. The molecule has 9 rings (SSSR count). The second-order valence-electron chi connectivity index (χ2n) is 18.4. The van der Waals surface area contributed by atoms with Crippen LogP contribution in [0.25, 0.3) is 22.3 Å². The standard InChI is InChI=1S/C20H22N6O2.C14H16N2O5.C10H10N2O3.C4H7BrO2/c1-20(2)13-7-14-12(6-15(13)26(19(20)28)9-16(27)24-21)11-5-3-4-10-8-22-25-17(10)18(11)23-14;1-4-21-12(17)8-15-11-6-5-9(16(19)20)7-10(11)14(2,3)13(15)18;1-10(2)7-5-6(12(14)15)3-4-8(7)11-9(10)13;1-2-7-4(6)3-5/h6-8,23H,3-5,9,21H2,1-2H3,(H,22,25)(H,24,27);5-7H,4,8H2,1-3H3;3-5H,1-2H3,(H,11,13);2-3H2,1H3. The largest absolute Gasteiger partial charge is 0.465 e. The summed E-state index contributed by atoms with van der Waals surface area (Å²) in [5.74, 6) is 3.64. The lowest BCUT2D eigenvalue weighted by Gasteiger charge is -2.19. The molecule has 1 aliphatic carbocycles. The van der Waals surface area contributed by atoms with Gasteiger partial charge in [-0.1, -0.05) is 15.9 Å². The van der Waals surface area contributed by atoms with Crippen LogP contribution in [0.1, 0.15) is 89.6 Å². The third kappa shape index (κ3) is 10.4. The van der Waals surface area contributed by atoms with Gasteiger partial charge in [-0.15, -0.1) is 0 Å². The van der Waals surface area contributed by atoms with Crippen LogP contribution in [-0.2, 0) is 67.3 Å². The molecule has 3 aromatic carbocycles.